The van der Waals surface area contributed by atoms with E-state index in [0.717, 1.165) is 37.4 Å². The molecule has 0 aliphatic rings. The van der Waals surface area contributed by atoms with Gasteiger partial charge in [-0.2, -0.15) is 11.8 Å². The van der Waals surface area contributed by atoms with Crippen LogP contribution < -0.4 is 5.73 Å². The van der Waals surface area contributed by atoms with Crippen LogP contribution in [0.2, 0.25) is 5.15 Å². The van der Waals surface area contributed by atoms with Crippen molar-refractivity contribution in [2.45, 2.75) is 26.4 Å². The normalized spacial score (nSPS) is 12.7. The molecule has 1 aromatic rings. The van der Waals surface area contributed by atoms with Crippen LogP contribution in [0, 0.1) is 6.92 Å². The number of hydrogen-bond donors (Lipinski definition) is 1. The van der Waals surface area contributed by atoms with Crippen LogP contribution in [0.1, 0.15) is 18.2 Å². The summed E-state index contributed by atoms with van der Waals surface area (Å²) in [4.78, 5) is 16.9. The number of nitrogens with two attached hydrogens (primary N) is 1. The van der Waals surface area contributed by atoms with E-state index in [0.29, 0.717) is 10.9 Å². The van der Waals surface area contributed by atoms with Crippen molar-refractivity contribution in [2.24, 2.45) is 5.73 Å². The number of thioether (sulfide) groups is 1. The largest absolute Gasteiger partial charge is 0.321 e. The molecule has 0 aliphatic carbocycles. The van der Waals surface area contributed by atoms with Crippen LogP contribution in [0.15, 0.2) is 12.1 Å². The zero-order valence-corrected chi connectivity index (χ0v) is 13.6. The lowest BCUT2D eigenvalue weighted by Gasteiger charge is -2.20. The Morgan fingerprint density at radius 3 is 2.90 bits per heavy atom. The molecule has 20 heavy (non-hydrogen) atoms. The number of carbonyl (C=O) groups excluding carboxylic acids is 1. The predicted octanol–water partition coefficient (Wildman–Crippen LogP) is 2.12. The molecule has 1 rings (SSSR count). The topological polar surface area (TPSA) is 59.2 Å². The van der Waals surface area contributed by atoms with Crippen molar-refractivity contribution in [1.82, 2.24) is 9.88 Å². The van der Waals surface area contributed by atoms with E-state index >= 15 is 0 Å². The summed E-state index contributed by atoms with van der Waals surface area (Å²) in [6.45, 7) is 6.88. The molecule has 0 aliphatic heterocycles. The molecule has 0 spiro atoms. The third-order valence-corrected chi connectivity index (χ3v) is 4.16. The SMILES string of the molecule is CCN(CCSCC(N)C=O)Cc1cc(C)nc(Cl)c1. The molecule has 0 radical (unpaired) electrons. The van der Waals surface area contributed by atoms with Crippen molar-refractivity contribution in [2.75, 3.05) is 24.6 Å². The molecule has 1 heterocycles. The van der Waals surface area contributed by atoms with Crippen LogP contribution in [0.3, 0.4) is 0 Å². The van der Waals surface area contributed by atoms with Gasteiger partial charge in [0.1, 0.15) is 11.4 Å². The Kier molecular flexibility index (Phi) is 8.14. The van der Waals surface area contributed by atoms with Crippen LogP contribution in [0.25, 0.3) is 0 Å². The molecule has 1 aromatic heterocycles. The number of halogens is 1. The maximum atomic E-state index is 10.4. The first-order valence-corrected chi connectivity index (χ1v) is 8.22. The van der Waals surface area contributed by atoms with E-state index in [1.165, 1.54) is 5.56 Å². The maximum absolute atomic E-state index is 10.4. The fourth-order valence-electron chi connectivity index (χ4n) is 1.85. The average Bonchev–Trinajstić information content (AvgIpc) is 2.40. The van der Waals surface area contributed by atoms with Crippen LogP contribution in [0.4, 0.5) is 0 Å². The minimum absolute atomic E-state index is 0.350. The molecular formula is C14H22ClN3OS. The quantitative estimate of drug-likeness (QED) is 0.430. The average molecular weight is 316 g/mol. The van der Waals surface area contributed by atoms with Crippen LogP contribution >= 0.6 is 23.4 Å². The molecule has 1 atom stereocenters. The van der Waals surface area contributed by atoms with Gasteiger partial charge in [0, 0.05) is 30.3 Å². The summed E-state index contributed by atoms with van der Waals surface area (Å²) in [5.41, 5.74) is 7.67. The molecule has 0 fully saturated rings. The van der Waals surface area contributed by atoms with Gasteiger partial charge in [-0.1, -0.05) is 18.5 Å². The van der Waals surface area contributed by atoms with Crippen molar-refractivity contribution in [1.29, 1.82) is 0 Å². The highest BCUT2D eigenvalue weighted by atomic mass is 35.5. The second kappa shape index (κ2) is 9.34. The van der Waals surface area contributed by atoms with Gasteiger partial charge in [-0.25, -0.2) is 4.98 Å². The van der Waals surface area contributed by atoms with E-state index in [4.69, 9.17) is 17.3 Å². The van der Waals surface area contributed by atoms with Crippen LogP contribution in [-0.2, 0) is 11.3 Å². The molecule has 6 heteroatoms. The summed E-state index contributed by atoms with van der Waals surface area (Å²) in [5, 5.41) is 0.544. The summed E-state index contributed by atoms with van der Waals surface area (Å²) in [6.07, 6.45) is 0.798. The standard InChI is InChI=1S/C14H22ClN3OS/c1-3-18(4-5-20-10-13(16)9-19)8-12-6-11(2)17-14(15)7-12/h6-7,9,13H,3-5,8,10,16H2,1-2H3. The highest BCUT2D eigenvalue weighted by Gasteiger charge is 2.06. The molecule has 0 bridgehead atoms. The van der Waals surface area contributed by atoms with Crippen molar-refractivity contribution in [3.05, 3.63) is 28.5 Å². The Labute approximate surface area is 130 Å². The number of hydrogen-bond acceptors (Lipinski definition) is 5. The Balaban J connectivity index is 2.40. The van der Waals surface area contributed by atoms with Gasteiger partial charge in [0.25, 0.3) is 0 Å². The summed E-state index contributed by atoms with van der Waals surface area (Å²) >= 11 is 7.68. The molecule has 2 N–H and O–H groups in total. The Bertz CT molecular complexity index is 411. The van der Waals surface area contributed by atoms with Gasteiger partial charge in [0.05, 0.1) is 6.04 Å². The van der Waals surface area contributed by atoms with Crippen molar-refractivity contribution < 1.29 is 4.79 Å². The van der Waals surface area contributed by atoms with Gasteiger partial charge in [-0.3, -0.25) is 4.90 Å². The zero-order chi connectivity index (χ0) is 15.0. The maximum Gasteiger partial charge on any atom is 0.137 e. The van der Waals surface area contributed by atoms with E-state index < -0.39 is 0 Å². The van der Waals surface area contributed by atoms with Gasteiger partial charge in [-0.15, -0.1) is 0 Å². The fraction of sp³-hybridized carbons (Fsp3) is 0.571. The van der Waals surface area contributed by atoms with E-state index in [2.05, 4.69) is 22.9 Å². The minimum Gasteiger partial charge on any atom is -0.321 e. The minimum atomic E-state index is -0.350. The van der Waals surface area contributed by atoms with Gasteiger partial charge < -0.3 is 10.5 Å². The first-order chi connectivity index (χ1) is 9.55. The number of pyridine rings is 1. The fourth-order valence-corrected chi connectivity index (χ4v) is 3.02. The van der Waals surface area contributed by atoms with Crippen LogP contribution in [-0.4, -0.2) is 46.8 Å². The molecule has 0 amide bonds. The second-order valence-electron chi connectivity index (χ2n) is 4.68. The first kappa shape index (κ1) is 17.4. The highest BCUT2D eigenvalue weighted by molar-refractivity contribution is 7.99. The number of aldehydes is 1. The summed E-state index contributed by atoms with van der Waals surface area (Å²) in [6, 6.07) is 3.62. The number of aromatic nitrogens is 1. The third kappa shape index (κ3) is 6.70. The molecule has 0 saturated carbocycles. The lowest BCUT2D eigenvalue weighted by atomic mass is 10.2. The molecular weight excluding hydrogens is 294 g/mol. The lowest BCUT2D eigenvalue weighted by molar-refractivity contribution is -0.108. The van der Waals surface area contributed by atoms with E-state index in [1.807, 2.05) is 13.0 Å². The molecule has 0 aromatic carbocycles. The summed E-state index contributed by atoms with van der Waals surface area (Å²) in [7, 11) is 0. The number of carbonyl (C=O) groups is 1. The molecule has 0 saturated heterocycles. The van der Waals surface area contributed by atoms with Gasteiger partial charge in [0.15, 0.2) is 0 Å². The highest BCUT2D eigenvalue weighted by Crippen LogP contribution is 2.13. The zero-order valence-electron chi connectivity index (χ0n) is 12.0. The second-order valence-corrected chi connectivity index (χ2v) is 6.22. The van der Waals surface area contributed by atoms with E-state index in [-0.39, 0.29) is 6.04 Å². The van der Waals surface area contributed by atoms with Gasteiger partial charge in [-0.05, 0) is 31.2 Å². The lowest BCUT2D eigenvalue weighted by Crippen LogP contribution is -2.27. The number of nitrogens with zero attached hydrogens (tertiary/aromatic N) is 2. The number of rotatable bonds is 9. The third-order valence-electron chi connectivity index (χ3n) is 2.87. The van der Waals surface area contributed by atoms with Crippen LogP contribution in [0.5, 0.6) is 0 Å². The van der Waals surface area contributed by atoms with Crippen molar-refractivity contribution in [3.8, 4) is 0 Å². The van der Waals surface area contributed by atoms with E-state index in [9.17, 15) is 4.79 Å². The van der Waals surface area contributed by atoms with Gasteiger partial charge in [0.2, 0.25) is 0 Å². The number of aryl methyl sites for hydroxylation is 1. The predicted molar refractivity (Wildman–Crippen MR) is 86.3 cm³/mol. The Morgan fingerprint density at radius 2 is 2.30 bits per heavy atom. The molecule has 4 nitrogen and oxygen atoms in total. The van der Waals surface area contributed by atoms with Gasteiger partial charge >= 0.3 is 0 Å². The van der Waals surface area contributed by atoms with Crippen molar-refractivity contribution >= 4 is 29.6 Å². The summed E-state index contributed by atoms with van der Waals surface area (Å²) < 4.78 is 0. The smallest absolute Gasteiger partial charge is 0.137 e. The Hall–Kier alpha value is -0.620. The van der Waals surface area contributed by atoms with E-state index in [1.54, 1.807) is 11.8 Å². The molecule has 112 valence electrons. The Morgan fingerprint density at radius 1 is 1.55 bits per heavy atom. The summed E-state index contributed by atoms with van der Waals surface area (Å²) in [5.74, 6) is 1.65. The van der Waals surface area contributed by atoms with Crippen molar-refractivity contribution in [3.63, 3.8) is 0 Å². The monoisotopic (exact) mass is 315 g/mol. The first-order valence-electron chi connectivity index (χ1n) is 6.69. The molecule has 1 unspecified atom stereocenters.